The van der Waals surface area contributed by atoms with E-state index in [1.807, 2.05) is 12.4 Å². The van der Waals surface area contributed by atoms with Crippen molar-refractivity contribution in [2.24, 2.45) is 45.7 Å². The Kier molecular flexibility index (Phi) is 5.36. The maximum absolute atomic E-state index is 11.8. The van der Waals surface area contributed by atoms with Gasteiger partial charge in [-0.2, -0.15) is 10.2 Å². The molecule has 4 saturated carbocycles. The summed E-state index contributed by atoms with van der Waals surface area (Å²) in [6.45, 7) is 0. The van der Waals surface area contributed by atoms with Crippen LogP contribution in [-0.2, 0) is 9.59 Å². The summed E-state index contributed by atoms with van der Waals surface area (Å²) in [6.07, 6.45) is 14.5. The summed E-state index contributed by atoms with van der Waals surface area (Å²) in [6, 6.07) is 0. The van der Waals surface area contributed by atoms with Crippen molar-refractivity contribution in [3.63, 3.8) is 0 Å². The van der Waals surface area contributed by atoms with E-state index in [-0.39, 0.29) is 24.7 Å². The van der Waals surface area contributed by atoms with Gasteiger partial charge in [-0.1, -0.05) is 12.8 Å². The first-order chi connectivity index (χ1) is 12.7. The van der Waals surface area contributed by atoms with Crippen molar-refractivity contribution in [1.29, 1.82) is 0 Å². The van der Waals surface area contributed by atoms with Crippen LogP contribution in [0.1, 0.15) is 64.2 Å². The molecule has 142 valence electrons. The number of hydrazone groups is 2. The molecular weight excluding hydrogens is 328 g/mol. The highest BCUT2D eigenvalue weighted by Gasteiger charge is 2.39. The molecule has 0 aromatic rings. The van der Waals surface area contributed by atoms with Crippen LogP contribution >= 0.6 is 0 Å². The molecule has 0 aromatic carbocycles. The Morgan fingerprint density at radius 1 is 0.731 bits per heavy atom. The highest BCUT2D eigenvalue weighted by atomic mass is 16.2. The lowest BCUT2D eigenvalue weighted by Gasteiger charge is -2.16. The fourth-order valence-corrected chi connectivity index (χ4v) is 5.70. The van der Waals surface area contributed by atoms with Gasteiger partial charge in [-0.05, 0) is 74.0 Å². The monoisotopic (exact) mass is 358 g/mol. The summed E-state index contributed by atoms with van der Waals surface area (Å²) >= 11 is 0. The SMILES string of the molecule is O=C(CCC(=O)N/N=C\[C@H]1C[C@@H]2CC[C@@H]1C2)N/N=C\[C@@H]1C[C@@H]2CC[C@@H]1C2. The van der Waals surface area contributed by atoms with Crippen LogP contribution in [0, 0.1) is 35.5 Å². The second-order valence-electron chi connectivity index (χ2n) is 8.80. The van der Waals surface area contributed by atoms with E-state index in [0.717, 1.165) is 23.7 Å². The van der Waals surface area contributed by atoms with E-state index in [0.29, 0.717) is 11.8 Å². The van der Waals surface area contributed by atoms with Gasteiger partial charge in [-0.25, -0.2) is 10.9 Å². The molecule has 4 bridgehead atoms. The molecule has 0 aliphatic heterocycles. The van der Waals surface area contributed by atoms with Crippen LogP contribution in [0.25, 0.3) is 0 Å². The standard InChI is InChI=1S/C20H30N4O2/c25-19(23-21-11-17-9-13-1-3-15(17)7-13)5-6-20(26)24-22-12-18-10-14-2-4-16(18)8-14/h11-18H,1-10H2,(H,23,25)(H,24,26)/b21-11-,22-12-/t13-,14-,15-,16-,17-,18+/m1/s1. The third-order valence-electron chi connectivity index (χ3n) is 7.08. The van der Waals surface area contributed by atoms with Crippen LogP contribution in [0.3, 0.4) is 0 Å². The normalized spacial score (nSPS) is 37.8. The van der Waals surface area contributed by atoms with Gasteiger partial charge in [0.15, 0.2) is 0 Å². The van der Waals surface area contributed by atoms with Gasteiger partial charge in [0.1, 0.15) is 0 Å². The Hall–Kier alpha value is -1.72. The van der Waals surface area contributed by atoms with E-state index in [4.69, 9.17) is 0 Å². The number of amides is 2. The molecule has 0 saturated heterocycles. The highest BCUT2D eigenvalue weighted by molar-refractivity contribution is 5.84. The Balaban J connectivity index is 1.09. The highest BCUT2D eigenvalue weighted by Crippen LogP contribution is 2.48. The summed E-state index contributed by atoms with van der Waals surface area (Å²) in [7, 11) is 0. The lowest BCUT2D eigenvalue weighted by molar-refractivity contribution is -0.126. The zero-order chi connectivity index (χ0) is 17.9. The first kappa shape index (κ1) is 17.7. The minimum Gasteiger partial charge on any atom is -0.273 e. The van der Waals surface area contributed by atoms with E-state index in [1.54, 1.807) is 0 Å². The van der Waals surface area contributed by atoms with E-state index < -0.39 is 0 Å². The summed E-state index contributed by atoms with van der Waals surface area (Å²) in [4.78, 5) is 23.6. The molecule has 0 spiro atoms. The van der Waals surface area contributed by atoms with E-state index >= 15 is 0 Å². The van der Waals surface area contributed by atoms with Gasteiger partial charge in [-0.15, -0.1) is 0 Å². The number of nitrogens with zero attached hydrogens (tertiary/aromatic N) is 2. The Morgan fingerprint density at radius 3 is 1.54 bits per heavy atom. The van der Waals surface area contributed by atoms with Gasteiger partial charge in [0.25, 0.3) is 0 Å². The summed E-state index contributed by atoms with van der Waals surface area (Å²) in [5.41, 5.74) is 5.11. The van der Waals surface area contributed by atoms with Gasteiger partial charge < -0.3 is 0 Å². The summed E-state index contributed by atoms with van der Waals surface area (Å²) < 4.78 is 0. The molecule has 4 rings (SSSR count). The topological polar surface area (TPSA) is 82.9 Å². The second kappa shape index (κ2) is 7.89. The largest absolute Gasteiger partial charge is 0.273 e. The first-order valence-electron chi connectivity index (χ1n) is 10.3. The molecule has 6 atom stereocenters. The van der Waals surface area contributed by atoms with Crippen LogP contribution in [0.4, 0.5) is 0 Å². The minimum absolute atomic E-state index is 0.142. The summed E-state index contributed by atoms with van der Waals surface area (Å²) in [5, 5.41) is 8.20. The molecule has 4 fully saturated rings. The quantitative estimate of drug-likeness (QED) is 0.542. The number of hydrogen-bond donors (Lipinski definition) is 2. The fraction of sp³-hybridized carbons (Fsp3) is 0.800. The fourth-order valence-electron chi connectivity index (χ4n) is 5.70. The van der Waals surface area contributed by atoms with Gasteiger partial charge in [-0.3, -0.25) is 9.59 Å². The number of hydrogen-bond acceptors (Lipinski definition) is 4. The lowest BCUT2D eigenvalue weighted by Crippen LogP contribution is -2.24. The van der Waals surface area contributed by atoms with E-state index in [1.165, 1.54) is 51.4 Å². The van der Waals surface area contributed by atoms with Crippen molar-refractivity contribution in [3.8, 4) is 0 Å². The Bertz CT molecular complexity index is 551. The van der Waals surface area contributed by atoms with Crippen LogP contribution in [0.5, 0.6) is 0 Å². The molecule has 2 amide bonds. The minimum atomic E-state index is -0.211. The Morgan fingerprint density at radius 2 is 1.19 bits per heavy atom. The number of fused-ring (bicyclic) bond motifs is 4. The number of rotatable bonds is 7. The van der Waals surface area contributed by atoms with Gasteiger partial charge in [0.05, 0.1) is 0 Å². The molecule has 6 heteroatoms. The molecule has 6 nitrogen and oxygen atoms in total. The summed E-state index contributed by atoms with van der Waals surface area (Å²) in [5.74, 6) is 3.90. The zero-order valence-electron chi connectivity index (χ0n) is 15.4. The van der Waals surface area contributed by atoms with E-state index in [9.17, 15) is 9.59 Å². The number of nitrogens with one attached hydrogen (secondary N) is 2. The van der Waals surface area contributed by atoms with E-state index in [2.05, 4.69) is 21.1 Å². The molecule has 0 radical (unpaired) electrons. The van der Waals surface area contributed by atoms with Gasteiger partial charge >= 0.3 is 0 Å². The molecule has 4 aliphatic carbocycles. The van der Waals surface area contributed by atoms with Crippen LogP contribution in [-0.4, -0.2) is 24.2 Å². The molecule has 26 heavy (non-hydrogen) atoms. The number of carbonyl (C=O) groups is 2. The van der Waals surface area contributed by atoms with Crippen LogP contribution in [0.15, 0.2) is 10.2 Å². The molecule has 0 aromatic heterocycles. The first-order valence-corrected chi connectivity index (χ1v) is 10.3. The molecule has 0 unspecified atom stereocenters. The third-order valence-corrected chi connectivity index (χ3v) is 7.08. The third kappa shape index (κ3) is 4.15. The van der Waals surface area contributed by atoms with Crippen molar-refractivity contribution in [2.45, 2.75) is 64.2 Å². The second-order valence-corrected chi connectivity index (χ2v) is 8.80. The van der Waals surface area contributed by atoms with Crippen molar-refractivity contribution in [3.05, 3.63) is 0 Å². The van der Waals surface area contributed by atoms with Crippen molar-refractivity contribution in [1.82, 2.24) is 10.9 Å². The average molecular weight is 358 g/mol. The molecule has 4 aliphatic rings. The van der Waals surface area contributed by atoms with Gasteiger partial charge in [0, 0.05) is 25.3 Å². The van der Waals surface area contributed by atoms with Crippen LogP contribution in [0.2, 0.25) is 0 Å². The van der Waals surface area contributed by atoms with Crippen molar-refractivity contribution < 1.29 is 9.59 Å². The maximum atomic E-state index is 11.8. The Labute approximate surface area is 155 Å². The zero-order valence-corrected chi connectivity index (χ0v) is 15.4. The molecular formula is C20H30N4O2. The van der Waals surface area contributed by atoms with Gasteiger partial charge in [0.2, 0.25) is 11.8 Å². The average Bonchev–Trinajstić information content (AvgIpc) is 3.41. The van der Waals surface area contributed by atoms with Crippen LogP contribution < -0.4 is 10.9 Å². The maximum Gasteiger partial charge on any atom is 0.240 e. The lowest BCUT2D eigenvalue weighted by atomic mass is 9.90. The smallest absolute Gasteiger partial charge is 0.240 e. The number of carbonyl (C=O) groups excluding carboxylic acids is 2. The predicted molar refractivity (Wildman–Crippen MR) is 100 cm³/mol. The molecule has 2 N–H and O–H groups in total. The van der Waals surface area contributed by atoms with Crippen molar-refractivity contribution in [2.75, 3.05) is 0 Å². The van der Waals surface area contributed by atoms with Crippen molar-refractivity contribution >= 4 is 24.2 Å². The predicted octanol–water partition coefficient (Wildman–Crippen LogP) is 2.84. The molecule has 0 heterocycles.